The molecule has 12 heteroatoms. The van der Waals surface area contributed by atoms with Crippen molar-refractivity contribution in [1.29, 1.82) is 5.41 Å². The highest BCUT2D eigenvalue weighted by Gasteiger charge is 2.54. The summed E-state index contributed by atoms with van der Waals surface area (Å²) in [6, 6.07) is 2.95. The van der Waals surface area contributed by atoms with Gasteiger partial charge in [0, 0.05) is 12.7 Å². The van der Waals surface area contributed by atoms with Crippen molar-refractivity contribution in [3.63, 3.8) is 0 Å². The van der Waals surface area contributed by atoms with Gasteiger partial charge >= 0.3 is 11.9 Å². The van der Waals surface area contributed by atoms with Crippen LogP contribution in [0.4, 0.5) is 0 Å². The quantitative estimate of drug-likeness (QED) is 0.170. The van der Waals surface area contributed by atoms with E-state index in [4.69, 9.17) is 21.6 Å². The highest BCUT2D eigenvalue weighted by Crippen LogP contribution is 2.43. The first-order valence-electron chi connectivity index (χ1n) is 14.2. The standard InChI is InChI=1S/C21H34N2O5.C7H8N4O/c24-18(14-22-15-19(25)28-17-10-5-2-6-11-17)23-13-7-12-21(23,20(26)27)16-8-3-1-4-9-16;8-6(9)5-2-1-4(3-11-5)7(10)12/h16-17,22H,1-15H2,(H,26,27);1-3H,(H3,8,9)(H2,10,12)/t21-;/m1./s1. The summed E-state index contributed by atoms with van der Waals surface area (Å²) in [5, 5.41) is 19.9. The molecule has 12 nitrogen and oxygen atoms in total. The van der Waals surface area contributed by atoms with Crippen molar-refractivity contribution >= 4 is 29.6 Å². The van der Waals surface area contributed by atoms with Gasteiger partial charge in [-0.05, 0) is 69.4 Å². The van der Waals surface area contributed by atoms with E-state index in [0.29, 0.717) is 24.2 Å². The van der Waals surface area contributed by atoms with Crippen molar-refractivity contribution in [3.05, 3.63) is 29.6 Å². The Labute approximate surface area is 234 Å². The fraction of sp³-hybridized carbons (Fsp3) is 0.643. The zero-order valence-corrected chi connectivity index (χ0v) is 23.0. The number of nitrogen functional groups attached to an aromatic ring is 1. The number of nitrogens with one attached hydrogen (secondary N) is 2. The molecule has 0 aromatic carbocycles. The van der Waals surface area contributed by atoms with Crippen LogP contribution in [0, 0.1) is 11.3 Å². The molecule has 2 amide bonds. The fourth-order valence-electron chi connectivity index (χ4n) is 6.07. The number of aliphatic carboxylic acids is 1. The Kier molecular flexibility index (Phi) is 11.4. The van der Waals surface area contributed by atoms with Crippen LogP contribution in [0.15, 0.2) is 18.3 Å². The number of hydrogen-bond acceptors (Lipinski definition) is 8. The largest absolute Gasteiger partial charge is 0.479 e. The third-order valence-electron chi connectivity index (χ3n) is 8.09. The lowest BCUT2D eigenvalue weighted by atomic mass is 9.73. The number of carbonyl (C=O) groups excluding carboxylic acids is 3. The molecule has 40 heavy (non-hydrogen) atoms. The summed E-state index contributed by atoms with van der Waals surface area (Å²) >= 11 is 0. The van der Waals surface area contributed by atoms with Crippen molar-refractivity contribution in [1.82, 2.24) is 15.2 Å². The van der Waals surface area contributed by atoms with Crippen LogP contribution in [0.2, 0.25) is 0 Å². The molecule has 220 valence electrons. The Balaban J connectivity index is 0.000000307. The lowest BCUT2D eigenvalue weighted by molar-refractivity contribution is -0.161. The van der Waals surface area contributed by atoms with Crippen LogP contribution < -0.4 is 16.8 Å². The molecule has 0 bridgehead atoms. The van der Waals surface area contributed by atoms with Gasteiger partial charge in [0.25, 0.3) is 0 Å². The number of hydrogen-bond donors (Lipinski definition) is 5. The van der Waals surface area contributed by atoms with Gasteiger partial charge in [-0.2, -0.15) is 0 Å². The Morgan fingerprint density at radius 1 is 1.00 bits per heavy atom. The van der Waals surface area contributed by atoms with Gasteiger partial charge < -0.3 is 26.2 Å². The molecular weight excluding hydrogens is 516 g/mol. The molecule has 1 saturated heterocycles. The summed E-state index contributed by atoms with van der Waals surface area (Å²) in [5.74, 6) is -2.08. The van der Waals surface area contributed by atoms with Crippen molar-refractivity contribution < 1.29 is 29.0 Å². The van der Waals surface area contributed by atoms with Gasteiger partial charge in [0.1, 0.15) is 23.2 Å². The van der Waals surface area contributed by atoms with Crippen molar-refractivity contribution in [2.75, 3.05) is 19.6 Å². The predicted octanol–water partition coefficient (Wildman–Crippen LogP) is 1.94. The number of rotatable bonds is 9. The van der Waals surface area contributed by atoms with Crippen LogP contribution in [0.25, 0.3) is 0 Å². The van der Waals surface area contributed by atoms with Gasteiger partial charge in [-0.1, -0.05) is 25.7 Å². The van der Waals surface area contributed by atoms with E-state index in [0.717, 1.165) is 64.2 Å². The van der Waals surface area contributed by atoms with Crippen LogP contribution in [0.5, 0.6) is 0 Å². The minimum absolute atomic E-state index is 0.00305. The molecule has 2 heterocycles. The molecule has 0 radical (unpaired) electrons. The van der Waals surface area contributed by atoms with E-state index in [2.05, 4.69) is 10.3 Å². The van der Waals surface area contributed by atoms with E-state index >= 15 is 0 Å². The Hall–Kier alpha value is -3.54. The first-order chi connectivity index (χ1) is 19.1. The van der Waals surface area contributed by atoms with Crippen molar-refractivity contribution in [2.24, 2.45) is 17.4 Å². The number of amidine groups is 1. The van der Waals surface area contributed by atoms with E-state index in [9.17, 15) is 24.3 Å². The molecule has 2 aliphatic carbocycles. The summed E-state index contributed by atoms with van der Waals surface area (Å²) in [7, 11) is 0. The SMILES string of the molecule is N=C(N)c1ccc(C(N)=O)cn1.O=C(CNCC(=O)N1CCC[C@]1(C(=O)O)C1CCCCC1)OC1CCCCC1. The maximum Gasteiger partial charge on any atom is 0.329 e. The Bertz CT molecular complexity index is 1020. The average Bonchev–Trinajstić information content (AvgIpc) is 3.41. The summed E-state index contributed by atoms with van der Waals surface area (Å²) in [5.41, 5.74) is 9.69. The van der Waals surface area contributed by atoms with Gasteiger partial charge in [0.2, 0.25) is 11.8 Å². The molecule has 4 rings (SSSR count). The van der Waals surface area contributed by atoms with Crippen LogP contribution in [0.1, 0.15) is 93.1 Å². The summed E-state index contributed by atoms with van der Waals surface area (Å²) in [6.45, 7) is 0.441. The molecular formula is C28H42N6O6. The average molecular weight is 559 g/mol. The number of carbonyl (C=O) groups is 4. The second kappa shape index (κ2) is 14.7. The van der Waals surface area contributed by atoms with Gasteiger partial charge in [-0.15, -0.1) is 0 Å². The topological polar surface area (TPSA) is 202 Å². The van der Waals surface area contributed by atoms with Crippen molar-refractivity contribution in [2.45, 2.75) is 88.7 Å². The molecule has 0 spiro atoms. The van der Waals surface area contributed by atoms with Gasteiger partial charge in [-0.25, -0.2) is 4.79 Å². The molecule has 2 saturated carbocycles. The molecule has 7 N–H and O–H groups in total. The highest BCUT2D eigenvalue weighted by molar-refractivity contribution is 5.95. The van der Waals surface area contributed by atoms with Crippen LogP contribution in [-0.4, -0.2) is 75.9 Å². The number of pyridine rings is 1. The van der Waals surface area contributed by atoms with Crippen molar-refractivity contribution in [3.8, 4) is 0 Å². The molecule has 3 aliphatic rings. The fourth-order valence-corrected chi connectivity index (χ4v) is 6.07. The summed E-state index contributed by atoms with van der Waals surface area (Å²) < 4.78 is 5.45. The van der Waals surface area contributed by atoms with Crippen LogP contribution in [-0.2, 0) is 19.1 Å². The zero-order valence-electron chi connectivity index (χ0n) is 23.0. The molecule has 1 aromatic heterocycles. The molecule has 1 atom stereocenters. The van der Waals surface area contributed by atoms with Gasteiger partial charge in [0.05, 0.1) is 18.7 Å². The number of carboxylic acids is 1. The summed E-state index contributed by atoms with van der Waals surface area (Å²) in [4.78, 5) is 53.0. The normalized spacial score (nSPS) is 21.6. The van der Waals surface area contributed by atoms with E-state index in [1.807, 2.05) is 0 Å². The molecule has 3 fully saturated rings. The van der Waals surface area contributed by atoms with Crippen LogP contribution in [0.3, 0.4) is 0 Å². The molecule has 1 aliphatic heterocycles. The van der Waals surface area contributed by atoms with E-state index in [1.54, 1.807) is 4.90 Å². The Morgan fingerprint density at radius 2 is 1.65 bits per heavy atom. The second-order valence-corrected chi connectivity index (χ2v) is 10.8. The lowest BCUT2D eigenvalue weighted by Gasteiger charge is -2.42. The predicted molar refractivity (Wildman–Crippen MR) is 147 cm³/mol. The van der Waals surface area contributed by atoms with E-state index in [-0.39, 0.29) is 42.8 Å². The number of ether oxygens (including phenoxy) is 1. The highest BCUT2D eigenvalue weighted by atomic mass is 16.5. The first-order valence-corrected chi connectivity index (χ1v) is 14.2. The lowest BCUT2D eigenvalue weighted by Crippen LogP contribution is -2.59. The number of aromatic nitrogens is 1. The molecule has 0 unspecified atom stereocenters. The number of nitrogens with zero attached hydrogens (tertiary/aromatic N) is 2. The smallest absolute Gasteiger partial charge is 0.329 e. The maximum atomic E-state index is 12.8. The number of likely N-dealkylation sites (tertiary alicyclic amines) is 1. The third kappa shape index (κ3) is 8.00. The number of esters is 1. The summed E-state index contributed by atoms with van der Waals surface area (Å²) in [6.07, 6.45) is 12.7. The number of nitrogens with two attached hydrogens (primary N) is 2. The number of primary amides is 1. The van der Waals surface area contributed by atoms with Crippen LogP contribution >= 0.6 is 0 Å². The monoisotopic (exact) mass is 558 g/mol. The third-order valence-corrected chi connectivity index (χ3v) is 8.09. The van der Waals surface area contributed by atoms with Gasteiger partial charge in [0.15, 0.2) is 0 Å². The first kappa shape index (κ1) is 31.0. The minimum Gasteiger partial charge on any atom is -0.479 e. The second-order valence-electron chi connectivity index (χ2n) is 10.8. The van der Waals surface area contributed by atoms with E-state index in [1.165, 1.54) is 24.8 Å². The zero-order chi connectivity index (χ0) is 29.1. The number of amides is 2. The Morgan fingerprint density at radius 3 is 2.20 bits per heavy atom. The van der Waals surface area contributed by atoms with E-state index < -0.39 is 17.4 Å². The molecule has 1 aromatic rings. The minimum atomic E-state index is -1.07. The number of carboxylic acid groups (broad SMARTS) is 1. The van der Waals surface area contributed by atoms with Gasteiger partial charge in [-0.3, -0.25) is 30.1 Å². The maximum absolute atomic E-state index is 12.8.